The molecule has 0 spiro atoms. The van der Waals surface area contributed by atoms with Gasteiger partial charge in [-0.15, -0.1) is 11.3 Å². The highest BCUT2D eigenvalue weighted by Crippen LogP contribution is 2.22. The van der Waals surface area contributed by atoms with Crippen LogP contribution in [0.2, 0.25) is 0 Å². The average Bonchev–Trinajstić information content (AvgIpc) is 2.78. The van der Waals surface area contributed by atoms with Gasteiger partial charge < -0.3 is 5.11 Å². The maximum Gasteiger partial charge on any atom is 0.258 e. The fourth-order valence-corrected chi connectivity index (χ4v) is 3.41. The van der Waals surface area contributed by atoms with Crippen molar-refractivity contribution < 1.29 is 5.11 Å². The van der Waals surface area contributed by atoms with E-state index in [-0.39, 0.29) is 5.56 Å². The number of rotatable bonds is 2. The molecule has 0 bridgehead atoms. The Bertz CT molecular complexity index is 662. The Hall–Kier alpha value is -1.24. The lowest BCUT2D eigenvalue weighted by Crippen LogP contribution is -2.29. The van der Waals surface area contributed by atoms with Crippen molar-refractivity contribution in [2.45, 2.75) is 38.3 Å². The van der Waals surface area contributed by atoms with Crippen molar-refractivity contribution in [2.75, 3.05) is 13.1 Å². The molecule has 0 aromatic carbocycles. The Morgan fingerprint density at radius 3 is 3.15 bits per heavy atom. The second-order valence-corrected chi connectivity index (χ2v) is 6.64. The second-order valence-electron chi connectivity index (χ2n) is 5.77. The zero-order valence-electron chi connectivity index (χ0n) is 11.6. The van der Waals surface area contributed by atoms with Gasteiger partial charge in [0.1, 0.15) is 0 Å². The number of nitrogens with zero attached hydrogens (tertiary/aromatic N) is 3. The molecule has 0 aliphatic carbocycles. The monoisotopic (exact) mass is 293 g/mol. The van der Waals surface area contributed by atoms with Crippen molar-refractivity contribution in [3.8, 4) is 0 Å². The molecular formula is C14H19N3O2S. The molecule has 1 atom stereocenters. The minimum absolute atomic E-state index is 0.0203. The van der Waals surface area contributed by atoms with E-state index in [1.54, 1.807) is 16.7 Å². The summed E-state index contributed by atoms with van der Waals surface area (Å²) in [5, 5.41) is 12.0. The van der Waals surface area contributed by atoms with Gasteiger partial charge in [0.15, 0.2) is 4.96 Å². The topological polar surface area (TPSA) is 57.8 Å². The van der Waals surface area contributed by atoms with Crippen LogP contribution in [-0.4, -0.2) is 38.1 Å². The van der Waals surface area contributed by atoms with Crippen LogP contribution in [0.3, 0.4) is 0 Å². The van der Waals surface area contributed by atoms with Gasteiger partial charge in [-0.25, -0.2) is 4.98 Å². The number of hydrogen-bond acceptors (Lipinski definition) is 5. The standard InChI is InChI=1S/C14H19N3O2S/c1-14(19)3-2-5-16(6-4-14)10-11-9-12(18)17-7-8-20-13(17)15-11/h7-9,19H,2-6,10H2,1H3. The average molecular weight is 293 g/mol. The molecule has 3 rings (SSSR count). The molecule has 0 amide bonds. The van der Waals surface area contributed by atoms with Gasteiger partial charge >= 0.3 is 0 Å². The molecule has 1 fully saturated rings. The van der Waals surface area contributed by atoms with Gasteiger partial charge in [-0.05, 0) is 32.7 Å². The van der Waals surface area contributed by atoms with Crippen molar-refractivity contribution in [1.82, 2.24) is 14.3 Å². The van der Waals surface area contributed by atoms with E-state index in [9.17, 15) is 9.90 Å². The predicted octanol–water partition coefficient (Wildman–Crippen LogP) is 1.49. The molecule has 3 heterocycles. The van der Waals surface area contributed by atoms with E-state index in [2.05, 4.69) is 9.88 Å². The molecule has 1 unspecified atom stereocenters. The molecule has 108 valence electrons. The number of aliphatic hydroxyl groups is 1. The lowest BCUT2D eigenvalue weighted by molar-refractivity contribution is 0.0444. The van der Waals surface area contributed by atoms with Crippen molar-refractivity contribution >= 4 is 16.3 Å². The zero-order chi connectivity index (χ0) is 14.2. The van der Waals surface area contributed by atoms with Crippen LogP contribution in [0.4, 0.5) is 0 Å². The summed E-state index contributed by atoms with van der Waals surface area (Å²) in [5.74, 6) is 0. The first-order chi connectivity index (χ1) is 9.53. The third-order valence-corrected chi connectivity index (χ3v) is 4.65. The molecular weight excluding hydrogens is 274 g/mol. The minimum atomic E-state index is -0.556. The van der Waals surface area contributed by atoms with E-state index in [0.717, 1.165) is 43.0 Å². The van der Waals surface area contributed by atoms with Crippen LogP contribution in [0.1, 0.15) is 31.9 Å². The van der Waals surface area contributed by atoms with Crippen LogP contribution in [0.25, 0.3) is 4.96 Å². The largest absolute Gasteiger partial charge is 0.390 e. The first kappa shape index (κ1) is 13.7. The summed E-state index contributed by atoms with van der Waals surface area (Å²) >= 11 is 1.47. The summed E-state index contributed by atoms with van der Waals surface area (Å²) in [4.78, 5) is 19.5. The maximum atomic E-state index is 11.9. The Kier molecular flexibility index (Phi) is 3.62. The highest BCUT2D eigenvalue weighted by Gasteiger charge is 2.25. The molecule has 1 aliphatic heterocycles. The molecule has 6 heteroatoms. The van der Waals surface area contributed by atoms with Gasteiger partial charge in [0.05, 0.1) is 11.3 Å². The van der Waals surface area contributed by atoms with E-state index < -0.39 is 5.60 Å². The van der Waals surface area contributed by atoms with E-state index in [1.165, 1.54) is 11.3 Å². The number of thiazole rings is 1. The Balaban J connectivity index is 1.77. The van der Waals surface area contributed by atoms with Crippen LogP contribution in [-0.2, 0) is 6.54 Å². The highest BCUT2D eigenvalue weighted by molar-refractivity contribution is 7.15. The highest BCUT2D eigenvalue weighted by atomic mass is 32.1. The molecule has 5 nitrogen and oxygen atoms in total. The molecule has 20 heavy (non-hydrogen) atoms. The minimum Gasteiger partial charge on any atom is -0.390 e. The number of hydrogen-bond donors (Lipinski definition) is 1. The Morgan fingerprint density at radius 2 is 2.30 bits per heavy atom. The van der Waals surface area contributed by atoms with Gasteiger partial charge in [0.2, 0.25) is 0 Å². The van der Waals surface area contributed by atoms with Gasteiger partial charge in [-0.3, -0.25) is 14.1 Å². The predicted molar refractivity (Wildman–Crippen MR) is 79.1 cm³/mol. The molecule has 1 aliphatic rings. The summed E-state index contributed by atoms with van der Waals surface area (Å²) in [6.45, 7) is 4.37. The maximum absolute atomic E-state index is 11.9. The number of aromatic nitrogens is 2. The lowest BCUT2D eigenvalue weighted by Gasteiger charge is -2.22. The van der Waals surface area contributed by atoms with Crippen LogP contribution < -0.4 is 5.56 Å². The second kappa shape index (κ2) is 5.27. The Labute approximate surface area is 121 Å². The summed E-state index contributed by atoms with van der Waals surface area (Å²) in [6.07, 6.45) is 4.34. The van der Waals surface area contributed by atoms with Crippen molar-refractivity contribution in [1.29, 1.82) is 0 Å². The van der Waals surface area contributed by atoms with Crippen LogP contribution >= 0.6 is 11.3 Å². The molecule has 1 N–H and O–H groups in total. The molecule has 2 aromatic rings. The van der Waals surface area contributed by atoms with Crippen LogP contribution in [0, 0.1) is 0 Å². The van der Waals surface area contributed by atoms with Crippen LogP contribution in [0.5, 0.6) is 0 Å². The quantitative estimate of drug-likeness (QED) is 0.911. The van der Waals surface area contributed by atoms with Crippen LogP contribution in [0.15, 0.2) is 22.4 Å². The van der Waals surface area contributed by atoms with Gasteiger partial charge in [0, 0.05) is 30.7 Å². The summed E-state index contributed by atoms with van der Waals surface area (Å²) in [6, 6.07) is 1.61. The molecule has 0 saturated carbocycles. The van der Waals surface area contributed by atoms with Gasteiger partial charge in [-0.1, -0.05) is 0 Å². The SMILES string of the molecule is CC1(O)CCCN(Cc2cc(=O)n3ccsc3n2)CC1. The van der Waals surface area contributed by atoms with E-state index >= 15 is 0 Å². The fourth-order valence-electron chi connectivity index (χ4n) is 2.68. The number of fused-ring (bicyclic) bond motifs is 1. The number of likely N-dealkylation sites (tertiary alicyclic amines) is 1. The molecule has 1 saturated heterocycles. The summed E-state index contributed by atoms with van der Waals surface area (Å²) in [5.41, 5.74) is 0.242. The smallest absolute Gasteiger partial charge is 0.258 e. The molecule has 2 aromatic heterocycles. The first-order valence-electron chi connectivity index (χ1n) is 6.94. The van der Waals surface area contributed by atoms with Gasteiger partial charge in [0.25, 0.3) is 5.56 Å². The van der Waals surface area contributed by atoms with Gasteiger partial charge in [-0.2, -0.15) is 0 Å². The normalized spacial score (nSPS) is 24.9. The Morgan fingerprint density at radius 1 is 1.45 bits per heavy atom. The molecule has 0 radical (unpaired) electrons. The van der Waals surface area contributed by atoms with Crippen molar-refractivity contribution in [2.24, 2.45) is 0 Å². The first-order valence-corrected chi connectivity index (χ1v) is 7.82. The van der Waals surface area contributed by atoms with Crippen molar-refractivity contribution in [3.05, 3.63) is 33.7 Å². The lowest BCUT2D eigenvalue weighted by atomic mass is 9.98. The third-order valence-electron chi connectivity index (χ3n) is 3.90. The van der Waals surface area contributed by atoms with E-state index in [4.69, 9.17) is 0 Å². The fraction of sp³-hybridized carbons (Fsp3) is 0.571. The summed E-state index contributed by atoms with van der Waals surface area (Å²) in [7, 11) is 0. The van der Waals surface area contributed by atoms with E-state index in [1.807, 2.05) is 12.3 Å². The zero-order valence-corrected chi connectivity index (χ0v) is 12.4. The third kappa shape index (κ3) is 2.92. The van der Waals surface area contributed by atoms with Crippen molar-refractivity contribution in [3.63, 3.8) is 0 Å². The van der Waals surface area contributed by atoms with E-state index in [0.29, 0.717) is 6.54 Å². The summed E-state index contributed by atoms with van der Waals surface area (Å²) < 4.78 is 1.57.